The molecule has 2 N–H and O–H groups in total. The third-order valence-electron chi connectivity index (χ3n) is 3.43. The molecule has 0 aliphatic heterocycles. The molecule has 0 spiro atoms. The highest BCUT2D eigenvalue weighted by atomic mass is 35.5. The number of benzene rings is 1. The molecule has 2 rings (SSSR count). The number of imide groups is 1. The first kappa shape index (κ1) is 17.2. The van der Waals surface area contributed by atoms with Gasteiger partial charge >= 0.3 is 12.0 Å². The molecule has 1 saturated carbocycles. The second-order valence-corrected chi connectivity index (χ2v) is 5.64. The van der Waals surface area contributed by atoms with Gasteiger partial charge < -0.3 is 10.1 Å². The second-order valence-electron chi connectivity index (χ2n) is 5.20. The van der Waals surface area contributed by atoms with E-state index in [4.69, 9.17) is 11.6 Å². The molecule has 23 heavy (non-hydrogen) atoms. The predicted molar refractivity (Wildman–Crippen MR) is 80.6 cm³/mol. The average Bonchev–Trinajstić information content (AvgIpc) is 3.00. The van der Waals surface area contributed by atoms with E-state index >= 15 is 0 Å². The normalized spacial score (nSPS) is 14.3. The number of rotatable bonds is 4. The number of amides is 3. The van der Waals surface area contributed by atoms with E-state index in [0.717, 1.165) is 37.8 Å². The lowest BCUT2D eigenvalue weighted by Gasteiger charge is -2.12. The molecule has 1 fully saturated rings. The first-order chi connectivity index (χ1) is 11.0. The fraction of sp³-hybridized carbons (Fsp3) is 0.400. The van der Waals surface area contributed by atoms with Crippen molar-refractivity contribution in [1.82, 2.24) is 10.6 Å². The molecule has 0 unspecified atom stereocenters. The van der Waals surface area contributed by atoms with Gasteiger partial charge in [-0.15, -0.1) is 0 Å². The third kappa shape index (κ3) is 5.21. The molecule has 0 heterocycles. The van der Waals surface area contributed by atoms with Gasteiger partial charge in [-0.2, -0.15) is 0 Å². The average molecular weight is 343 g/mol. The van der Waals surface area contributed by atoms with Crippen molar-refractivity contribution in [2.75, 3.05) is 6.61 Å². The molecule has 0 bridgehead atoms. The van der Waals surface area contributed by atoms with E-state index in [2.05, 4.69) is 15.4 Å². The summed E-state index contributed by atoms with van der Waals surface area (Å²) in [5.41, 5.74) is -0.374. The minimum atomic E-state index is -1.03. The first-order valence-electron chi connectivity index (χ1n) is 7.18. The summed E-state index contributed by atoms with van der Waals surface area (Å²) in [6.45, 7) is -0.692. The van der Waals surface area contributed by atoms with Gasteiger partial charge in [-0.05, 0) is 31.0 Å². The second kappa shape index (κ2) is 7.92. The Morgan fingerprint density at radius 2 is 1.96 bits per heavy atom. The zero-order valence-corrected chi connectivity index (χ0v) is 13.0. The highest BCUT2D eigenvalue weighted by Crippen LogP contribution is 2.17. The number of esters is 1. The van der Waals surface area contributed by atoms with Crippen molar-refractivity contribution in [2.45, 2.75) is 31.7 Å². The summed E-state index contributed by atoms with van der Waals surface area (Å²) in [7, 11) is 0. The fourth-order valence-electron chi connectivity index (χ4n) is 2.32. The maximum atomic E-state index is 13.5. The van der Waals surface area contributed by atoms with Crippen LogP contribution >= 0.6 is 11.6 Å². The third-order valence-corrected chi connectivity index (χ3v) is 3.66. The summed E-state index contributed by atoms with van der Waals surface area (Å²) < 4.78 is 18.1. The van der Waals surface area contributed by atoms with Gasteiger partial charge in [0.05, 0.1) is 5.56 Å². The van der Waals surface area contributed by atoms with Crippen molar-refractivity contribution in [1.29, 1.82) is 0 Å². The van der Waals surface area contributed by atoms with E-state index in [1.807, 2.05) is 0 Å². The van der Waals surface area contributed by atoms with E-state index in [0.29, 0.717) is 0 Å². The number of hydrogen-bond acceptors (Lipinski definition) is 4. The van der Waals surface area contributed by atoms with E-state index in [9.17, 15) is 18.8 Å². The zero-order valence-electron chi connectivity index (χ0n) is 12.2. The van der Waals surface area contributed by atoms with E-state index in [1.165, 1.54) is 6.07 Å². The van der Waals surface area contributed by atoms with Crippen LogP contribution in [-0.4, -0.2) is 30.6 Å². The van der Waals surface area contributed by atoms with E-state index in [-0.39, 0.29) is 16.6 Å². The summed E-state index contributed by atoms with van der Waals surface area (Å²) in [5.74, 6) is -2.63. The summed E-state index contributed by atoms with van der Waals surface area (Å²) in [6.07, 6.45) is 3.85. The van der Waals surface area contributed by atoms with Gasteiger partial charge in [0.1, 0.15) is 5.82 Å². The number of halogens is 2. The lowest BCUT2D eigenvalue weighted by molar-refractivity contribution is -0.123. The Bertz CT molecular complexity index is 617. The van der Waals surface area contributed by atoms with Crippen molar-refractivity contribution in [2.24, 2.45) is 0 Å². The SMILES string of the molecule is O=C(COC(=O)c1cc(Cl)ccc1F)NC(=O)NC1CCCC1. The van der Waals surface area contributed by atoms with E-state index in [1.54, 1.807) is 0 Å². The molecule has 124 valence electrons. The standard InChI is InChI=1S/C15H16ClFN2O4/c16-9-5-6-12(17)11(7-9)14(21)23-8-13(20)19-15(22)18-10-3-1-2-4-10/h5-7,10H,1-4,8H2,(H2,18,19,20,22). The van der Waals surface area contributed by atoms with Crippen LogP contribution in [0.3, 0.4) is 0 Å². The van der Waals surface area contributed by atoms with Crippen LogP contribution in [0.1, 0.15) is 36.0 Å². The van der Waals surface area contributed by atoms with Crippen LogP contribution in [0.25, 0.3) is 0 Å². The highest BCUT2D eigenvalue weighted by molar-refractivity contribution is 6.30. The molecular formula is C15H16ClFN2O4. The minimum absolute atomic E-state index is 0.0610. The van der Waals surface area contributed by atoms with Crippen molar-refractivity contribution in [3.63, 3.8) is 0 Å². The maximum absolute atomic E-state index is 13.5. The topological polar surface area (TPSA) is 84.5 Å². The molecular weight excluding hydrogens is 327 g/mol. The van der Waals surface area contributed by atoms with Crippen LogP contribution in [0.15, 0.2) is 18.2 Å². The number of carbonyl (C=O) groups excluding carboxylic acids is 3. The van der Waals surface area contributed by atoms with Crippen LogP contribution in [0.5, 0.6) is 0 Å². The van der Waals surface area contributed by atoms with Crippen LogP contribution in [-0.2, 0) is 9.53 Å². The Balaban J connectivity index is 1.78. The number of carbonyl (C=O) groups is 3. The monoisotopic (exact) mass is 342 g/mol. The molecule has 6 nitrogen and oxygen atoms in total. The van der Waals surface area contributed by atoms with Gasteiger partial charge in [0.15, 0.2) is 6.61 Å². The summed E-state index contributed by atoms with van der Waals surface area (Å²) >= 11 is 5.67. The van der Waals surface area contributed by atoms with Crippen LogP contribution in [0.4, 0.5) is 9.18 Å². The van der Waals surface area contributed by atoms with Gasteiger partial charge in [0.25, 0.3) is 5.91 Å². The smallest absolute Gasteiger partial charge is 0.341 e. The largest absolute Gasteiger partial charge is 0.452 e. The molecule has 1 aromatic carbocycles. The van der Waals surface area contributed by atoms with E-state index < -0.39 is 30.3 Å². The van der Waals surface area contributed by atoms with Gasteiger partial charge in [-0.1, -0.05) is 24.4 Å². The zero-order chi connectivity index (χ0) is 16.8. The van der Waals surface area contributed by atoms with Crippen molar-refractivity contribution in [3.05, 3.63) is 34.6 Å². The molecule has 0 atom stereocenters. The summed E-state index contributed by atoms with van der Waals surface area (Å²) in [5, 5.41) is 4.88. The van der Waals surface area contributed by atoms with Crippen LogP contribution in [0, 0.1) is 5.82 Å². The molecule has 0 aromatic heterocycles. The van der Waals surface area contributed by atoms with Gasteiger partial charge in [-0.25, -0.2) is 14.0 Å². The molecule has 1 aliphatic carbocycles. The van der Waals surface area contributed by atoms with Crippen LogP contribution in [0.2, 0.25) is 5.02 Å². The van der Waals surface area contributed by atoms with Gasteiger partial charge in [0.2, 0.25) is 0 Å². The first-order valence-corrected chi connectivity index (χ1v) is 7.56. The van der Waals surface area contributed by atoms with Crippen molar-refractivity contribution < 1.29 is 23.5 Å². The lowest BCUT2D eigenvalue weighted by atomic mass is 10.2. The Hall–Kier alpha value is -2.15. The molecule has 1 aliphatic rings. The number of nitrogens with one attached hydrogen (secondary N) is 2. The molecule has 0 radical (unpaired) electrons. The summed E-state index contributed by atoms with van der Waals surface area (Å²) in [6, 6.07) is 2.84. The van der Waals surface area contributed by atoms with Gasteiger partial charge in [-0.3, -0.25) is 10.1 Å². The Morgan fingerprint density at radius 1 is 1.26 bits per heavy atom. The predicted octanol–water partition coefficient (Wildman–Crippen LogP) is 2.40. The molecule has 3 amide bonds. The minimum Gasteiger partial charge on any atom is -0.452 e. The Kier molecular flexibility index (Phi) is 5.92. The molecule has 1 aromatic rings. The fourth-order valence-corrected chi connectivity index (χ4v) is 2.49. The van der Waals surface area contributed by atoms with Crippen LogP contribution < -0.4 is 10.6 Å². The molecule has 8 heteroatoms. The van der Waals surface area contributed by atoms with Crippen molar-refractivity contribution >= 4 is 29.5 Å². The molecule has 0 saturated heterocycles. The Morgan fingerprint density at radius 3 is 2.65 bits per heavy atom. The van der Waals surface area contributed by atoms with Crippen molar-refractivity contribution in [3.8, 4) is 0 Å². The Labute approximate surface area is 137 Å². The lowest BCUT2D eigenvalue weighted by Crippen LogP contribution is -2.45. The number of urea groups is 1. The van der Waals surface area contributed by atoms with Gasteiger partial charge in [0, 0.05) is 11.1 Å². The number of ether oxygens (including phenoxy) is 1. The summed E-state index contributed by atoms with van der Waals surface area (Å²) in [4.78, 5) is 34.8. The highest BCUT2D eigenvalue weighted by Gasteiger charge is 2.19. The quantitative estimate of drug-likeness (QED) is 0.823. The number of hydrogen-bond donors (Lipinski definition) is 2. The maximum Gasteiger partial charge on any atom is 0.341 e.